The summed E-state index contributed by atoms with van der Waals surface area (Å²) < 4.78 is 0. The fourth-order valence-electron chi connectivity index (χ4n) is 5.53. The zero-order valence-corrected chi connectivity index (χ0v) is 14.0. The standard InChI is InChI=1S/C19H24N2O3/c1-11-4-15(22)2-3-16(11)20-17(23)18(24)21-19-8-12-5-13(9-19)7-14(6-12)10-19/h2-4,12-14,22H,5-10H2,1H3,(H,20,23)(H,21,24). The van der Waals surface area contributed by atoms with E-state index in [0.29, 0.717) is 5.69 Å². The van der Waals surface area contributed by atoms with Crippen molar-refractivity contribution in [2.24, 2.45) is 17.8 Å². The molecule has 4 aliphatic carbocycles. The van der Waals surface area contributed by atoms with Crippen LogP contribution in [0.2, 0.25) is 0 Å². The van der Waals surface area contributed by atoms with Crippen LogP contribution < -0.4 is 10.6 Å². The van der Waals surface area contributed by atoms with Crippen LogP contribution >= 0.6 is 0 Å². The van der Waals surface area contributed by atoms with Crippen LogP contribution in [-0.2, 0) is 9.59 Å². The van der Waals surface area contributed by atoms with Crippen molar-refractivity contribution in [3.8, 4) is 5.75 Å². The van der Waals surface area contributed by atoms with E-state index in [-0.39, 0.29) is 11.3 Å². The van der Waals surface area contributed by atoms with Gasteiger partial charge in [-0.25, -0.2) is 0 Å². The molecule has 2 amide bonds. The quantitative estimate of drug-likeness (QED) is 0.577. The molecule has 5 rings (SSSR count). The van der Waals surface area contributed by atoms with Crippen molar-refractivity contribution < 1.29 is 14.7 Å². The molecule has 3 N–H and O–H groups in total. The summed E-state index contributed by atoms with van der Waals surface area (Å²) >= 11 is 0. The molecule has 4 bridgehead atoms. The first kappa shape index (κ1) is 15.5. The molecule has 24 heavy (non-hydrogen) atoms. The van der Waals surface area contributed by atoms with E-state index in [1.54, 1.807) is 19.1 Å². The van der Waals surface area contributed by atoms with Crippen LogP contribution in [-0.4, -0.2) is 22.5 Å². The van der Waals surface area contributed by atoms with Gasteiger partial charge in [0.05, 0.1) is 0 Å². The minimum atomic E-state index is -0.625. The molecule has 0 saturated heterocycles. The maximum atomic E-state index is 12.4. The second-order valence-corrected chi connectivity index (χ2v) is 8.11. The Morgan fingerprint density at radius 2 is 1.62 bits per heavy atom. The number of hydrogen-bond acceptors (Lipinski definition) is 3. The van der Waals surface area contributed by atoms with E-state index in [9.17, 15) is 14.7 Å². The predicted molar refractivity (Wildman–Crippen MR) is 90.5 cm³/mol. The molecular formula is C19H24N2O3. The Balaban J connectivity index is 1.43. The second kappa shape index (κ2) is 5.50. The second-order valence-electron chi connectivity index (χ2n) is 8.11. The van der Waals surface area contributed by atoms with Crippen molar-refractivity contribution >= 4 is 17.5 Å². The van der Waals surface area contributed by atoms with Crippen molar-refractivity contribution in [2.45, 2.75) is 51.0 Å². The Kier molecular flexibility index (Phi) is 3.55. The molecule has 0 heterocycles. The number of carbonyl (C=O) groups is 2. The van der Waals surface area contributed by atoms with Gasteiger partial charge in [-0.05, 0) is 87.0 Å². The predicted octanol–water partition coefficient (Wildman–Crippen LogP) is 2.72. The number of phenols is 1. The molecule has 0 aromatic heterocycles. The topological polar surface area (TPSA) is 78.4 Å². The van der Waals surface area contributed by atoms with E-state index in [4.69, 9.17) is 0 Å². The zero-order chi connectivity index (χ0) is 16.9. The summed E-state index contributed by atoms with van der Waals surface area (Å²) in [5.74, 6) is 1.14. The Labute approximate surface area is 141 Å². The lowest BCUT2D eigenvalue weighted by molar-refractivity contribution is -0.139. The van der Waals surface area contributed by atoms with Gasteiger partial charge in [0.2, 0.25) is 0 Å². The number of amides is 2. The summed E-state index contributed by atoms with van der Waals surface area (Å²) in [4.78, 5) is 24.7. The molecule has 0 spiro atoms. The third kappa shape index (κ3) is 2.76. The van der Waals surface area contributed by atoms with Crippen molar-refractivity contribution in [3.63, 3.8) is 0 Å². The molecule has 5 heteroatoms. The summed E-state index contributed by atoms with van der Waals surface area (Å²) in [5, 5.41) is 15.2. The van der Waals surface area contributed by atoms with Gasteiger partial charge in [0, 0.05) is 11.2 Å². The summed E-state index contributed by atoms with van der Waals surface area (Å²) in [7, 11) is 0. The normalized spacial score (nSPS) is 33.3. The van der Waals surface area contributed by atoms with Crippen molar-refractivity contribution in [1.29, 1.82) is 0 Å². The monoisotopic (exact) mass is 328 g/mol. The molecule has 1 aromatic rings. The molecule has 1 aromatic carbocycles. The molecular weight excluding hydrogens is 304 g/mol. The van der Waals surface area contributed by atoms with E-state index in [1.807, 2.05) is 0 Å². The van der Waals surface area contributed by atoms with Crippen LogP contribution in [0.3, 0.4) is 0 Å². The molecule has 4 fully saturated rings. The number of rotatable bonds is 2. The lowest BCUT2D eigenvalue weighted by Crippen LogP contribution is -2.61. The zero-order valence-electron chi connectivity index (χ0n) is 14.0. The van der Waals surface area contributed by atoms with Gasteiger partial charge in [-0.15, -0.1) is 0 Å². The number of benzene rings is 1. The van der Waals surface area contributed by atoms with Crippen LogP contribution in [0.15, 0.2) is 18.2 Å². The Morgan fingerprint density at radius 3 is 2.17 bits per heavy atom. The number of carbonyl (C=O) groups excluding carboxylic acids is 2. The molecule has 4 aliphatic rings. The van der Waals surface area contributed by atoms with Crippen molar-refractivity contribution in [2.75, 3.05) is 5.32 Å². The third-order valence-electron chi connectivity index (χ3n) is 6.08. The Hall–Kier alpha value is -2.04. The molecule has 0 radical (unpaired) electrons. The van der Waals surface area contributed by atoms with Gasteiger partial charge >= 0.3 is 11.8 Å². The highest BCUT2D eigenvalue weighted by Crippen LogP contribution is 2.55. The SMILES string of the molecule is Cc1cc(O)ccc1NC(=O)C(=O)NC12CC3CC(CC(C3)C1)C2. The fraction of sp³-hybridized carbons (Fsp3) is 0.579. The molecule has 4 saturated carbocycles. The lowest BCUT2D eigenvalue weighted by Gasteiger charge is -2.56. The summed E-state index contributed by atoms with van der Waals surface area (Å²) in [6, 6.07) is 4.67. The van der Waals surface area contributed by atoms with Crippen molar-refractivity contribution in [1.82, 2.24) is 5.32 Å². The minimum Gasteiger partial charge on any atom is -0.508 e. The molecule has 0 atom stereocenters. The number of phenolic OH excluding ortho intramolecular Hbond substituents is 1. The van der Waals surface area contributed by atoms with Gasteiger partial charge in [-0.1, -0.05) is 0 Å². The smallest absolute Gasteiger partial charge is 0.313 e. The van der Waals surface area contributed by atoms with E-state index in [2.05, 4.69) is 10.6 Å². The number of aromatic hydroxyl groups is 1. The van der Waals surface area contributed by atoms with Gasteiger partial charge in [0.15, 0.2) is 0 Å². The van der Waals surface area contributed by atoms with Crippen LogP contribution in [0.5, 0.6) is 5.75 Å². The average molecular weight is 328 g/mol. The van der Waals surface area contributed by atoms with Crippen LogP contribution in [0.1, 0.15) is 44.1 Å². The lowest BCUT2D eigenvalue weighted by atomic mass is 9.53. The first-order valence-electron chi connectivity index (χ1n) is 8.85. The fourth-order valence-corrected chi connectivity index (χ4v) is 5.53. The number of anilines is 1. The van der Waals surface area contributed by atoms with E-state index in [0.717, 1.165) is 42.6 Å². The Bertz CT molecular complexity index is 663. The maximum absolute atomic E-state index is 12.4. The molecule has 0 unspecified atom stereocenters. The number of hydrogen-bond donors (Lipinski definition) is 3. The largest absolute Gasteiger partial charge is 0.508 e. The van der Waals surface area contributed by atoms with Crippen molar-refractivity contribution in [3.05, 3.63) is 23.8 Å². The highest BCUT2D eigenvalue weighted by molar-refractivity contribution is 6.39. The molecule has 5 nitrogen and oxygen atoms in total. The van der Waals surface area contributed by atoms with Gasteiger partial charge < -0.3 is 15.7 Å². The number of aryl methyl sites for hydroxylation is 1. The van der Waals surface area contributed by atoms with E-state index >= 15 is 0 Å². The maximum Gasteiger partial charge on any atom is 0.313 e. The Morgan fingerprint density at radius 1 is 1.04 bits per heavy atom. The van der Waals surface area contributed by atoms with E-state index in [1.165, 1.54) is 25.3 Å². The molecule has 128 valence electrons. The van der Waals surface area contributed by atoms with Crippen LogP contribution in [0.4, 0.5) is 5.69 Å². The van der Waals surface area contributed by atoms with Crippen LogP contribution in [0, 0.1) is 24.7 Å². The van der Waals surface area contributed by atoms with Crippen LogP contribution in [0.25, 0.3) is 0 Å². The van der Waals surface area contributed by atoms with Gasteiger partial charge in [0.1, 0.15) is 5.75 Å². The average Bonchev–Trinajstić information content (AvgIpc) is 2.48. The first-order valence-corrected chi connectivity index (χ1v) is 8.85. The van der Waals surface area contributed by atoms with Gasteiger partial charge in [0.25, 0.3) is 0 Å². The highest BCUT2D eigenvalue weighted by Gasteiger charge is 2.51. The minimum absolute atomic E-state index is 0.142. The molecule has 0 aliphatic heterocycles. The highest BCUT2D eigenvalue weighted by atomic mass is 16.3. The van der Waals surface area contributed by atoms with Gasteiger partial charge in [-0.3, -0.25) is 9.59 Å². The van der Waals surface area contributed by atoms with E-state index < -0.39 is 11.8 Å². The first-order chi connectivity index (χ1) is 11.4. The van der Waals surface area contributed by atoms with Gasteiger partial charge in [-0.2, -0.15) is 0 Å². The third-order valence-corrected chi connectivity index (χ3v) is 6.08. The summed E-state index contributed by atoms with van der Waals surface area (Å²) in [6.07, 6.45) is 6.97. The summed E-state index contributed by atoms with van der Waals surface area (Å²) in [6.45, 7) is 1.78. The number of nitrogens with one attached hydrogen (secondary N) is 2. The summed E-state index contributed by atoms with van der Waals surface area (Å²) in [5.41, 5.74) is 1.12.